The zero-order valence-corrected chi connectivity index (χ0v) is 78.3. The first kappa shape index (κ1) is 90.1. The summed E-state index contributed by atoms with van der Waals surface area (Å²) in [5.74, 6) is -0.968. The van der Waals surface area contributed by atoms with Crippen molar-refractivity contribution in [2.75, 3.05) is 67.0 Å². The van der Waals surface area contributed by atoms with Crippen molar-refractivity contribution in [1.82, 2.24) is 93.9 Å². The molecule has 4 saturated heterocycles. The molecule has 5 aromatic carbocycles. The van der Waals surface area contributed by atoms with Gasteiger partial charge in [0.05, 0.1) is 53.5 Å². The van der Waals surface area contributed by atoms with Crippen molar-refractivity contribution in [2.24, 2.45) is 23.7 Å². The molecule has 9 aliphatic rings. The summed E-state index contributed by atoms with van der Waals surface area (Å²) in [6.45, 7) is 23.0. The van der Waals surface area contributed by atoms with Gasteiger partial charge < -0.3 is 45.3 Å². The van der Waals surface area contributed by atoms with E-state index in [0.29, 0.717) is 135 Å². The minimum atomic E-state index is -0.617. The lowest BCUT2D eigenvalue weighted by atomic mass is 9.97. The number of amides is 5. The van der Waals surface area contributed by atoms with Crippen molar-refractivity contribution in [3.8, 4) is 0 Å². The summed E-state index contributed by atoms with van der Waals surface area (Å²) in [4.78, 5) is 80.3. The monoisotopic (exact) mass is 1940 g/mol. The second-order valence-corrected chi connectivity index (χ2v) is 40.9. The van der Waals surface area contributed by atoms with Crippen molar-refractivity contribution in [3.05, 3.63) is 289 Å². The molecule has 8 fully saturated rings. The van der Waals surface area contributed by atoms with E-state index in [2.05, 4.69) is 88.6 Å². The van der Waals surface area contributed by atoms with Crippen LogP contribution in [-0.2, 0) is 39.5 Å². The maximum Gasteiger partial charge on any atom is 0.326 e. The van der Waals surface area contributed by atoms with Gasteiger partial charge >= 0.3 is 17.8 Å². The molecule has 25 rings (SSSR count). The van der Waals surface area contributed by atoms with E-state index in [-0.39, 0.29) is 74.2 Å². The van der Waals surface area contributed by atoms with Crippen LogP contribution in [-0.4, -0.2) is 144 Å². The predicted octanol–water partition coefficient (Wildman–Crippen LogP) is 18.1. The van der Waals surface area contributed by atoms with E-state index in [1.54, 1.807) is 55.5 Å². The molecule has 0 unspecified atom stereocenters. The molecule has 16 heterocycles. The highest BCUT2D eigenvalue weighted by Crippen LogP contribution is 2.68. The number of aromatic nitrogens is 18. The second-order valence-electron chi connectivity index (χ2n) is 38.9. The molecule has 0 spiro atoms. The first-order valence-electron chi connectivity index (χ1n) is 45.8. The summed E-state index contributed by atoms with van der Waals surface area (Å²) in [5, 5.41) is 54.6. The minimum Gasteiger partial charge on any atom is -0.416 e. The third-order valence-corrected chi connectivity index (χ3v) is 30.6. The third kappa shape index (κ3) is 15.5. The summed E-state index contributed by atoms with van der Waals surface area (Å²) in [6, 6.07) is 29.2. The van der Waals surface area contributed by atoms with Gasteiger partial charge in [0.25, 0.3) is 11.8 Å². The van der Waals surface area contributed by atoms with E-state index in [9.17, 15) is 54.3 Å². The Kier molecular flexibility index (Phi) is 21.6. The van der Waals surface area contributed by atoms with Crippen LogP contribution in [0.5, 0.6) is 0 Å². The van der Waals surface area contributed by atoms with Crippen LogP contribution in [0.2, 0.25) is 0 Å². The Labute approximate surface area is 801 Å². The molecular weight excluding hydrogens is 1850 g/mol. The van der Waals surface area contributed by atoms with Gasteiger partial charge in [-0.1, -0.05) is 109 Å². The molecule has 11 aromatic heterocycles. The number of hydrogen-bond acceptors (Lipinski definition) is 25. The topological polar surface area (TPSA) is 344 Å². The Bertz CT molecular complexity index is 7540. The highest BCUT2D eigenvalue weighted by molar-refractivity contribution is 7.13. The minimum absolute atomic E-state index is 0.161. The van der Waals surface area contributed by atoms with Crippen molar-refractivity contribution in [3.63, 3.8) is 0 Å². The molecule has 140 heavy (non-hydrogen) atoms. The van der Waals surface area contributed by atoms with E-state index in [1.807, 2.05) is 108 Å². The number of nitrogens with one attached hydrogen (secondary N) is 4. The number of piperidine rings is 4. The number of carbonyl (C=O) groups is 4. The molecule has 32 nitrogen and oxygen atoms in total. The van der Waals surface area contributed by atoms with Crippen LogP contribution in [0.25, 0.3) is 28.3 Å². The molecule has 5 amide bonds. The number of urea groups is 1. The van der Waals surface area contributed by atoms with Gasteiger partial charge in [-0.05, 0) is 178 Å². The summed E-state index contributed by atoms with van der Waals surface area (Å²) in [7, 11) is 0. The first-order chi connectivity index (χ1) is 67.1. The first-order valence-corrected chi connectivity index (χ1v) is 47.4. The maximum absolute atomic E-state index is 14.8. The Morgan fingerprint density at radius 3 is 1.12 bits per heavy atom. The molecule has 0 radical (unpaired) electrons. The Morgan fingerprint density at radius 1 is 0.429 bits per heavy atom. The van der Waals surface area contributed by atoms with Crippen LogP contribution in [0.1, 0.15) is 192 Å². The number of nitrogens with zero attached hydrogens (tertiary/aromatic N) is 23. The van der Waals surface area contributed by atoms with Crippen molar-refractivity contribution < 1.29 is 58.7 Å². The van der Waals surface area contributed by atoms with Crippen molar-refractivity contribution in [2.45, 2.75) is 152 Å². The standard InChI is InChI=1S/C27H22F2N6O.C24H23F2N7O2.C24H23F2N7OS.C23H21F2N7OS/c1-16-20-5-3-2-4-17(20)15-33(16)26(36)31-23-14-30-35-11-9-24(32-25(23)35)34-10-8-18-13-27(18,34)21-12-19(28)6-7-22(21)29;2*1-23(2,3)22-31-30-21(35-22)20(34)28-17-12-27-33-9-7-18(29-19(17)33)32-8-6-13-11-24(13,32)15-10-14(25)4-5-16(15)26;1-12(2)21-29-30-22(34-21)20(33)27-17-11-26-32-8-6-18(28-19(17)32)31-7-5-13-10-23(13,31)15-9-14(24)3-4-16(15)25/h2-7,9,11-12,14,18H,1,8,10,13,15H2,(H,31,36);2*4-5,7,9-10,12-13H,6,8,11H2,1-3H3,(H,28,34);3-4,6,8-9,11-13H,5,7,10H2,1-2H3,(H,27,33)/t18-,27+;2*13-,24+;13-,23+/m0000/s1. The van der Waals surface area contributed by atoms with E-state index in [0.717, 1.165) is 96.8 Å². The molecule has 4 aliphatic carbocycles. The molecule has 0 bridgehead atoms. The lowest BCUT2D eigenvalue weighted by molar-refractivity contribution is 0.0984. The summed E-state index contributed by atoms with van der Waals surface area (Å²) >= 11 is 2.50. The Balaban J connectivity index is 0.000000107. The highest BCUT2D eigenvalue weighted by Gasteiger charge is 2.68. The quantitative estimate of drug-likeness (QED) is 0.0653. The second kappa shape index (κ2) is 33.6. The van der Waals surface area contributed by atoms with Gasteiger partial charge in [-0.2, -0.15) is 20.4 Å². The number of hydrogen-bond donors (Lipinski definition) is 4. The zero-order valence-electron chi connectivity index (χ0n) is 76.6. The van der Waals surface area contributed by atoms with E-state index < -0.39 is 74.6 Å². The van der Waals surface area contributed by atoms with Crippen molar-refractivity contribution >= 4 is 121 Å². The molecule has 4 saturated carbocycles. The summed E-state index contributed by atoms with van der Waals surface area (Å²) in [6.07, 6.45) is 19.6. The van der Waals surface area contributed by atoms with Gasteiger partial charge in [-0.15, -0.1) is 30.6 Å². The van der Waals surface area contributed by atoms with E-state index in [4.69, 9.17) is 24.4 Å². The molecule has 42 heteroatoms. The normalized spacial score (nSPS) is 21.6. The highest BCUT2D eigenvalue weighted by atomic mass is 32.1. The zero-order chi connectivity index (χ0) is 97.3. The fraction of sp³-hybridized carbons (Fsp3) is 0.327. The Morgan fingerprint density at radius 2 is 0.786 bits per heavy atom. The van der Waals surface area contributed by atoms with Crippen LogP contribution < -0.4 is 40.9 Å². The van der Waals surface area contributed by atoms with E-state index in [1.165, 1.54) is 94.3 Å². The molecule has 5 aliphatic heterocycles. The van der Waals surface area contributed by atoms with Crippen LogP contribution in [0.4, 0.5) is 85.9 Å². The van der Waals surface area contributed by atoms with Gasteiger partial charge in [-0.25, -0.2) is 77.9 Å². The van der Waals surface area contributed by atoms with Gasteiger partial charge in [-0.3, -0.25) is 19.3 Å². The smallest absolute Gasteiger partial charge is 0.326 e. The molecule has 8 atom stereocenters. The number of rotatable bonds is 16. The lowest BCUT2D eigenvalue weighted by Crippen LogP contribution is -2.34. The number of halogens is 8. The van der Waals surface area contributed by atoms with Crippen LogP contribution in [0, 0.1) is 70.2 Å². The fourth-order valence-corrected chi connectivity index (χ4v) is 22.4. The van der Waals surface area contributed by atoms with Crippen LogP contribution in [0.3, 0.4) is 0 Å². The summed E-state index contributed by atoms with van der Waals surface area (Å²) in [5.41, 5.74) is 4.60. The van der Waals surface area contributed by atoms with Gasteiger partial charge in [0.1, 0.15) is 103 Å². The van der Waals surface area contributed by atoms with Gasteiger partial charge in [0.15, 0.2) is 22.6 Å². The van der Waals surface area contributed by atoms with Gasteiger partial charge in [0.2, 0.25) is 15.9 Å². The van der Waals surface area contributed by atoms with E-state index >= 15 is 0 Å². The average Bonchev–Trinajstić information content (AvgIpc) is 1.54. The molecule has 4 N–H and O–H groups in total. The lowest BCUT2D eigenvalue weighted by Gasteiger charge is -2.30. The average molecular weight is 1940 g/mol. The van der Waals surface area contributed by atoms with Crippen molar-refractivity contribution in [1.29, 1.82) is 0 Å². The molecule has 16 aromatic rings. The number of carbonyl (C=O) groups excluding carboxylic acids is 4. The summed E-state index contributed by atoms with van der Waals surface area (Å²) < 4.78 is 127. The SMILES string of the molecule is C=C1c2ccccc2CN1C(=O)Nc1cnn2ccc(N3CC[C@H]4C[C@]43c3cc(F)ccc3F)nc12.CC(C)(C)c1nnc(C(=O)Nc2cnn3ccc(N4CC[C@H]5C[C@]54c4cc(F)ccc4F)nc23)o1.CC(C)(C)c1nnc(C(=O)Nc2cnn3ccc(N4CC[C@H]5C[C@]54c4cc(F)ccc4F)nc23)s1.CC(C)c1nnc(C(=O)Nc2cnn3ccc(N4CC[C@H]5C[C@]54c4cc(F)ccc4F)nc23)s1. The van der Waals surface area contributed by atoms with Crippen LogP contribution >= 0.6 is 22.7 Å². The fourth-order valence-electron chi connectivity index (χ4n) is 20.8. The van der Waals surface area contributed by atoms with Crippen LogP contribution in [0.15, 0.2) is 182 Å². The predicted molar refractivity (Wildman–Crippen MR) is 504 cm³/mol. The number of benzene rings is 5. The largest absolute Gasteiger partial charge is 0.416 e. The number of fused-ring (bicyclic) bond motifs is 9. The molecular formula is C98H89F8N27O5S2. The number of anilines is 8. The molecule has 714 valence electrons. The maximum atomic E-state index is 14.8. The van der Waals surface area contributed by atoms with Gasteiger partial charge in [0, 0.05) is 101 Å². The Hall–Kier alpha value is -15.1. The third-order valence-electron chi connectivity index (χ3n) is 28.0.